The van der Waals surface area contributed by atoms with E-state index in [9.17, 15) is 4.79 Å². The quantitative estimate of drug-likeness (QED) is 0.289. The van der Waals surface area contributed by atoms with Crippen LogP contribution in [0.1, 0.15) is 0 Å². The summed E-state index contributed by atoms with van der Waals surface area (Å²) in [4.78, 5) is 9.84. The van der Waals surface area contributed by atoms with E-state index >= 15 is 0 Å². The molecule has 0 spiro atoms. The van der Waals surface area contributed by atoms with E-state index in [1.807, 2.05) is 0 Å². The Kier molecular flexibility index (Phi) is 131. The van der Waals surface area contributed by atoms with E-state index in [0.717, 1.165) is 13.2 Å². The van der Waals surface area contributed by atoms with Crippen LogP contribution in [0.3, 0.4) is 0 Å². The normalized spacial score (nSPS) is 4.12. The van der Waals surface area contributed by atoms with Gasteiger partial charge in [-0.2, -0.15) is 5.26 Å². The monoisotopic (exact) mass is 286 g/mol. The predicted molar refractivity (Wildman–Crippen MR) is 56.2 cm³/mol. The summed E-state index contributed by atoms with van der Waals surface area (Å²) >= 11 is -2.00. The number of carbonyl (C=O) groups excluding carboxylic acids is 1. The molecule has 0 unspecified atom stereocenters. The van der Waals surface area contributed by atoms with E-state index in [-0.39, 0.29) is 11.6 Å². The van der Waals surface area contributed by atoms with Crippen molar-refractivity contribution >= 4 is 5.97 Å². The Balaban J connectivity index is -0.0000000246. The molecule has 0 rings (SSSR count). The van der Waals surface area contributed by atoms with Crippen LogP contribution in [0.15, 0.2) is 25.3 Å². The van der Waals surface area contributed by atoms with Crippen molar-refractivity contribution in [2.75, 3.05) is 14.2 Å². The van der Waals surface area contributed by atoms with Gasteiger partial charge in [-0.25, -0.2) is 4.79 Å². The zero-order chi connectivity index (χ0) is 13.1. The molecule has 8 nitrogen and oxygen atoms in total. The number of aliphatic hydroxyl groups is 1. The first-order valence-electron chi connectivity index (χ1n) is 3.29. The second-order valence-corrected chi connectivity index (χ2v) is 1.40. The molecule has 9 heteroatoms. The van der Waals surface area contributed by atoms with Crippen LogP contribution in [0.4, 0.5) is 0 Å². The topological polar surface area (TPSA) is 171 Å². The van der Waals surface area contributed by atoms with E-state index in [4.69, 9.17) is 17.0 Å². The fourth-order valence-electron chi connectivity index (χ4n) is 0.0833. The number of carbonyl (C=O) groups is 1. The second kappa shape index (κ2) is 61.8. The molecule has 0 atom stereocenters. The van der Waals surface area contributed by atoms with Crippen molar-refractivity contribution in [2.45, 2.75) is 0 Å². The molecule has 0 fully saturated rings. The Bertz CT molecular complexity index is 233. The molecule has 0 bridgehead atoms. The molecule has 6 N–H and O–H groups in total. The van der Waals surface area contributed by atoms with Crippen molar-refractivity contribution in [1.82, 2.24) is 6.15 Å². The van der Waals surface area contributed by atoms with E-state index in [0.29, 0.717) is 0 Å². The molecule has 0 aliphatic heterocycles. The Morgan fingerprint density at radius 3 is 1.65 bits per heavy atom. The van der Waals surface area contributed by atoms with Crippen molar-refractivity contribution in [1.29, 1.82) is 5.26 Å². The number of methoxy groups -OCH3 is 1. The van der Waals surface area contributed by atoms with Crippen molar-refractivity contribution in [3.8, 4) is 6.07 Å². The average Bonchev–Trinajstić information content (AvgIpc) is 2.32. The van der Waals surface area contributed by atoms with Gasteiger partial charge in [-0.3, -0.25) is 0 Å². The first kappa shape index (κ1) is 36.1. The van der Waals surface area contributed by atoms with Gasteiger partial charge in [0.05, 0.1) is 13.2 Å². The van der Waals surface area contributed by atoms with E-state index < -0.39 is 25.1 Å². The van der Waals surface area contributed by atoms with Gasteiger partial charge in [-0.1, -0.05) is 13.2 Å². The van der Waals surface area contributed by atoms with Crippen LogP contribution in [0.2, 0.25) is 0 Å². The summed E-state index contributed by atoms with van der Waals surface area (Å²) in [6.45, 7) is 6.27. The van der Waals surface area contributed by atoms with Crippen molar-refractivity contribution in [3.63, 3.8) is 0 Å². The Hall–Kier alpha value is -1.37. The number of ether oxygens (including phenoxy) is 1. The van der Waals surface area contributed by atoms with Crippen LogP contribution in [-0.2, 0) is 35.3 Å². The number of hydrogen-bond donors (Lipinski definition) is 2. The van der Waals surface area contributed by atoms with Gasteiger partial charge < -0.3 is 21.5 Å². The summed E-state index contributed by atoms with van der Waals surface area (Å²) in [5.41, 5.74) is 0. The van der Waals surface area contributed by atoms with Crippen LogP contribution in [0.5, 0.6) is 0 Å². The number of allylic oxidation sites excluding steroid dienone is 1. The molecule has 0 amide bonds. The van der Waals surface area contributed by atoms with Gasteiger partial charge in [0.15, 0.2) is 0 Å². The van der Waals surface area contributed by atoms with Gasteiger partial charge in [0.1, 0.15) is 0 Å². The van der Waals surface area contributed by atoms with E-state index in [2.05, 4.69) is 17.9 Å². The maximum atomic E-state index is 9.84. The standard InChI is InChI=1S/C4H6O2.C3H3N.CH4O.H3N.H2O.2O.Ti/c1-3-4(5)6-2;1-2-3-4;1-2;;;;;/h3H,1H2,2H3;2H,1H2;2H,1H3;1H3;1H2;;;. The van der Waals surface area contributed by atoms with Crippen molar-refractivity contribution in [3.05, 3.63) is 25.3 Å². The zero-order valence-electron chi connectivity index (χ0n) is 9.80. The molecular weight excluding hydrogens is 268 g/mol. The number of nitrogens with zero attached hydrogens (tertiary/aromatic N) is 1. The third-order valence-corrected chi connectivity index (χ3v) is 0.459. The third kappa shape index (κ3) is 177. The third-order valence-electron chi connectivity index (χ3n) is 0.459. The van der Waals surface area contributed by atoms with Crippen LogP contribution < -0.4 is 6.15 Å². The summed E-state index contributed by atoms with van der Waals surface area (Å²) in [7, 11) is 2.31. The average molecular weight is 286 g/mol. The van der Waals surface area contributed by atoms with Gasteiger partial charge in [0, 0.05) is 19.3 Å². The summed E-state index contributed by atoms with van der Waals surface area (Å²) in [6, 6.07) is 1.69. The number of nitriles is 1. The fourth-order valence-corrected chi connectivity index (χ4v) is 0.0833. The molecule has 0 heterocycles. The zero-order valence-corrected chi connectivity index (χ0v) is 11.4. The van der Waals surface area contributed by atoms with Crippen LogP contribution >= 0.6 is 0 Å². The molecule has 17 heavy (non-hydrogen) atoms. The molecule has 0 radical (unpaired) electrons. The number of hydrogen-bond acceptors (Lipinski definition) is 7. The molecule has 0 aromatic heterocycles. The summed E-state index contributed by atoms with van der Waals surface area (Å²) in [6.07, 6.45) is 2.29. The fraction of sp³-hybridized carbons (Fsp3) is 0.250. The summed E-state index contributed by atoms with van der Waals surface area (Å²) in [5, 5.41) is 14.5. The Labute approximate surface area is 109 Å². The molecule has 0 saturated carbocycles. The summed E-state index contributed by atoms with van der Waals surface area (Å²) in [5.74, 6) is -0.394. The van der Waals surface area contributed by atoms with Crippen molar-refractivity contribution < 1.29 is 45.9 Å². The van der Waals surface area contributed by atoms with E-state index in [1.54, 1.807) is 6.07 Å². The molecule has 0 aliphatic carbocycles. The first-order valence-corrected chi connectivity index (χ1v) is 4.56. The van der Waals surface area contributed by atoms with Crippen LogP contribution in [-0.4, -0.2) is 30.8 Å². The molecule has 0 aromatic rings. The van der Waals surface area contributed by atoms with Gasteiger partial charge in [0.25, 0.3) is 0 Å². The van der Waals surface area contributed by atoms with Gasteiger partial charge in [0.2, 0.25) is 0 Å². The van der Waals surface area contributed by atoms with Gasteiger partial charge >= 0.3 is 31.7 Å². The number of esters is 1. The van der Waals surface area contributed by atoms with Crippen LogP contribution in [0, 0.1) is 11.3 Å². The molecular formula is C8H18N2O6Ti. The minimum absolute atomic E-state index is 0. The first-order chi connectivity index (χ1) is 7.14. The molecule has 0 aliphatic rings. The van der Waals surface area contributed by atoms with E-state index in [1.165, 1.54) is 13.2 Å². The summed E-state index contributed by atoms with van der Waals surface area (Å²) < 4.78 is 21.1. The second-order valence-electron chi connectivity index (χ2n) is 1.14. The molecule has 0 aromatic carbocycles. The SMILES string of the molecule is C=CC#N.C=CC(=O)OC.CO.N.O.[O]=[Ti]=[O]. The van der Waals surface area contributed by atoms with Crippen LogP contribution in [0.25, 0.3) is 0 Å². The predicted octanol–water partition coefficient (Wildman–Crippen LogP) is -0.253. The minimum atomic E-state index is -2.00. The van der Waals surface area contributed by atoms with Gasteiger partial charge in [-0.05, 0) is 0 Å². The number of aliphatic hydroxyl groups excluding tert-OH is 1. The van der Waals surface area contributed by atoms with Gasteiger partial charge in [-0.15, -0.1) is 0 Å². The number of rotatable bonds is 1. The molecule has 100 valence electrons. The molecule has 0 saturated heterocycles. The Morgan fingerprint density at radius 2 is 1.65 bits per heavy atom. The Morgan fingerprint density at radius 1 is 1.41 bits per heavy atom. The maximum absolute atomic E-state index is 9.84. The van der Waals surface area contributed by atoms with Crippen molar-refractivity contribution in [2.24, 2.45) is 0 Å².